The second-order valence-corrected chi connectivity index (χ2v) is 4.74. The van der Waals surface area contributed by atoms with Crippen molar-refractivity contribution in [2.75, 3.05) is 0 Å². The third kappa shape index (κ3) is 2.50. The maximum atomic E-state index is 9.05. The quantitative estimate of drug-likeness (QED) is 0.650. The standard InChI is InChI=1S/C15H21NO2/c1-3-11(4-2)18-15-10-6-7-12-13(15)8-5-9-14(12)16-17/h6-7,10-11,17H,3-5,8-9H2,1-2H3/b16-14-. The Hall–Kier alpha value is -1.51. The second-order valence-electron chi connectivity index (χ2n) is 4.74. The van der Waals surface area contributed by atoms with Crippen molar-refractivity contribution in [1.82, 2.24) is 0 Å². The van der Waals surface area contributed by atoms with E-state index in [-0.39, 0.29) is 6.10 Å². The zero-order chi connectivity index (χ0) is 13.0. The van der Waals surface area contributed by atoms with E-state index in [9.17, 15) is 0 Å². The van der Waals surface area contributed by atoms with E-state index in [1.54, 1.807) is 0 Å². The van der Waals surface area contributed by atoms with Crippen molar-refractivity contribution in [2.45, 2.75) is 52.1 Å². The van der Waals surface area contributed by atoms with Crippen LogP contribution in [0, 0.1) is 0 Å². The zero-order valence-electron chi connectivity index (χ0n) is 11.1. The molecule has 3 heteroatoms. The van der Waals surface area contributed by atoms with Gasteiger partial charge in [0.25, 0.3) is 0 Å². The Morgan fingerprint density at radius 3 is 2.72 bits per heavy atom. The highest BCUT2D eigenvalue weighted by atomic mass is 16.5. The van der Waals surface area contributed by atoms with Crippen LogP contribution in [0.4, 0.5) is 0 Å². The van der Waals surface area contributed by atoms with Crippen molar-refractivity contribution in [1.29, 1.82) is 0 Å². The molecule has 0 unspecified atom stereocenters. The van der Waals surface area contributed by atoms with Gasteiger partial charge in [0, 0.05) is 11.1 Å². The molecule has 0 heterocycles. The number of oxime groups is 1. The minimum atomic E-state index is 0.271. The predicted molar refractivity (Wildman–Crippen MR) is 72.7 cm³/mol. The molecule has 3 nitrogen and oxygen atoms in total. The van der Waals surface area contributed by atoms with Gasteiger partial charge < -0.3 is 9.94 Å². The maximum absolute atomic E-state index is 9.05. The van der Waals surface area contributed by atoms with Gasteiger partial charge in [-0.05, 0) is 38.2 Å². The highest BCUT2D eigenvalue weighted by molar-refractivity contribution is 6.02. The molecule has 0 saturated heterocycles. The van der Waals surface area contributed by atoms with Gasteiger partial charge in [0.1, 0.15) is 5.75 Å². The monoisotopic (exact) mass is 247 g/mol. The summed E-state index contributed by atoms with van der Waals surface area (Å²) in [5.74, 6) is 0.960. The molecule has 1 aromatic rings. The molecule has 0 aliphatic heterocycles. The van der Waals surface area contributed by atoms with Crippen molar-refractivity contribution in [3.8, 4) is 5.75 Å². The first-order valence-corrected chi connectivity index (χ1v) is 6.80. The number of fused-ring (bicyclic) bond motifs is 1. The van der Waals surface area contributed by atoms with Crippen LogP contribution in [-0.2, 0) is 6.42 Å². The Balaban J connectivity index is 2.32. The van der Waals surface area contributed by atoms with Crippen LogP contribution in [0.3, 0.4) is 0 Å². The molecular formula is C15H21NO2. The van der Waals surface area contributed by atoms with Crippen molar-refractivity contribution >= 4 is 5.71 Å². The van der Waals surface area contributed by atoms with E-state index in [0.717, 1.165) is 49.1 Å². The minimum Gasteiger partial charge on any atom is -0.490 e. The average molecular weight is 247 g/mol. The summed E-state index contributed by atoms with van der Waals surface area (Å²) in [6.07, 6.45) is 5.17. The summed E-state index contributed by atoms with van der Waals surface area (Å²) in [6, 6.07) is 6.02. The van der Waals surface area contributed by atoms with Crippen LogP contribution in [0.2, 0.25) is 0 Å². The Morgan fingerprint density at radius 1 is 1.28 bits per heavy atom. The summed E-state index contributed by atoms with van der Waals surface area (Å²) in [5, 5.41) is 12.5. The molecule has 0 aromatic heterocycles. The molecule has 0 fully saturated rings. The summed E-state index contributed by atoms with van der Waals surface area (Å²) in [7, 11) is 0. The van der Waals surface area contributed by atoms with Crippen LogP contribution in [0.5, 0.6) is 5.75 Å². The van der Waals surface area contributed by atoms with Gasteiger partial charge in [-0.25, -0.2) is 0 Å². The molecular weight excluding hydrogens is 226 g/mol. The molecule has 2 rings (SSSR count). The summed E-state index contributed by atoms with van der Waals surface area (Å²) >= 11 is 0. The Bertz CT molecular complexity index is 436. The fourth-order valence-electron chi connectivity index (χ4n) is 2.51. The lowest BCUT2D eigenvalue weighted by Crippen LogP contribution is -2.18. The Labute approximate surface area is 108 Å². The third-order valence-corrected chi connectivity index (χ3v) is 3.61. The highest BCUT2D eigenvalue weighted by Gasteiger charge is 2.20. The van der Waals surface area contributed by atoms with Gasteiger partial charge in [-0.15, -0.1) is 0 Å². The normalized spacial score (nSPS) is 16.9. The van der Waals surface area contributed by atoms with E-state index in [2.05, 4.69) is 19.0 Å². The van der Waals surface area contributed by atoms with Gasteiger partial charge in [-0.3, -0.25) is 0 Å². The lowest BCUT2D eigenvalue weighted by molar-refractivity contribution is 0.190. The van der Waals surface area contributed by atoms with Gasteiger partial charge in [0.05, 0.1) is 11.8 Å². The number of rotatable bonds is 4. The highest BCUT2D eigenvalue weighted by Crippen LogP contribution is 2.31. The lowest BCUT2D eigenvalue weighted by Gasteiger charge is -2.23. The Morgan fingerprint density at radius 2 is 2.06 bits per heavy atom. The van der Waals surface area contributed by atoms with Crippen molar-refractivity contribution in [3.05, 3.63) is 29.3 Å². The van der Waals surface area contributed by atoms with E-state index in [0.29, 0.717) is 0 Å². The first kappa shape index (κ1) is 12.9. The fourth-order valence-corrected chi connectivity index (χ4v) is 2.51. The largest absolute Gasteiger partial charge is 0.490 e. The molecule has 1 aliphatic carbocycles. The molecule has 1 aliphatic rings. The number of hydrogen-bond donors (Lipinski definition) is 1. The maximum Gasteiger partial charge on any atom is 0.123 e. The third-order valence-electron chi connectivity index (χ3n) is 3.61. The summed E-state index contributed by atoms with van der Waals surface area (Å²) in [5.41, 5.74) is 3.03. The predicted octanol–water partition coefficient (Wildman–Crippen LogP) is 3.77. The van der Waals surface area contributed by atoms with Crippen molar-refractivity contribution < 1.29 is 9.94 Å². The van der Waals surface area contributed by atoms with Gasteiger partial charge in [0.15, 0.2) is 0 Å². The Kier molecular flexibility index (Phi) is 4.24. The molecule has 0 spiro atoms. The molecule has 0 amide bonds. The van der Waals surface area contributed by atoms with Crippen LogP contribution in [0.15, 0.2) is 23.4 Å². The number of benzene rings is 1. The smallest absolute Gasteiger partial charge is 0.123 e. The number of ether oxygens (including phenoxy) is 1. The fraction of sp³-hybridized carbons (Fsp3) is 0.533. The molecule has 0 radical (unpaired) electrons. The number of nitrogens with zero attached hydrogens (tertiary/aromatic N) is 1. The van der Waals surface area contributed by atoms with Gasteiger partial charge in [-0.1, -0.05) is 31.1 Å². The van der Waals surface area contributed by atoms with Gasteiger partial charge >= 0.3 is 0 Å². The van der Waals surface area contributed by atoms with Crippen molar-refractivity contribution in [3.63, 3.8) is 0 Å². The molecule has 1 aromatic carbocycles. The first-order chi connectivity index (χ1) is 8.80. The second kappa shape index (κ2) is 5.89. The summed E-state index contributed by atoms with van der Waals surface area (Å²) < 4.78 is 6.07. The van der Waals surface area contributed by atoms with Crippen LogP contribution in [-0.4, -0.2) is 17.0 Å². The average Bonchev–Trinajstić information content (AvgIpc) is 2.44. The molecule has 98 valence electrons. The summed E-state index contributed by atoms with van der Waals surface area (Å²) in [6.45, 7) is 4.29. The molecule has 18 heavy (non-hydrogen) atoms. The molecule has 0 bridgehead atoms. The zero-order valence-corrected chi connectivity index (χ0v) is 11.1. The van der Waals surface area contributed by atoms with Crippen molar-refractivity contribution in [2.24, 2.45) is 5.16 Å². The van der Waals surface area contributed by atoms with E-state index < -0.39 is 0 Å². The van der Waals surface area contributed by atoms with Crippen LogP contribution in [0.25, 0.3) is 0 Å². The van der Waals surface area contributed by atoms with Gasteiger partial charge in [0.2, 0.25) is 0 Å². The summed E-state index contributed by atoms with van der Waals surface area (Å²) in [4.78, 5) is 0. The van der Waals surface area contributed by atoms with Gasteiger partial charge in [-0.2, -0.15) is 0 Å². The molecule has 0 atom stereocenters. The van der Waals surface area contributed by atoms with Crippen LogP contribution < -0.4 is 4.74 Å². The minimum absolute atomic E-state index is 0.271. The molecule has 0 saturated carbocycles. The first-order valence-electron chi connectivity index (χ1n) is 6.80. The van der Waals surface area contributed by atoms with E-state index >= 15 is 0 Å². The van der Waals surface area contributed by atoms with E-state index in [4.69, 9.17) is 9.94 Å². The van der Waals surface area contributed by atoms with Crippen LogP contribution in [0.1, 0.15) is 50.7 Å². The topological polar surface area (TPSA) is 41.8 Å². The SMILES string of the molecule is CCC(CC)Oc1cccc2c1CCC/C2=N/O. The number of hydrogen-bond acceptors (Lipinski definition) is 3. The van der Waals surface area contributed by atoms with Crippen LogP contribution >= 0.6 is 0 Å². The van der Waals surface area contributed by atoms with E-state index in [1.165, 1.54) is 5.56 Å². The molecule has 1 N–H and O–H groups in total. The van der Waals surface area contributed by atoms with E-state index in [1.807, 2.05) is 18.2 Å². The lowest BCUT2D eigenvalue weighted by atomic mass is 9.89.